The molecule has 3 aromatic rings. The van der Waals surface area contributed by atoms with Crippen molar-refractivity contribution in [2.45, 2.75) is 4.43 Å². The maximum atomic E-state index is 5.95. The van der Waals surface area contributed by atoms with Gasteiger partial charge in [-0.25, -0.2) is 9.97 Å². The fourth-order valence-electron chi connectivity index (χ4n) is 3.21. The third kappa shape index (κ3) is 5.59. The van der Waals surface area contributed by atoms with Crippen molar-refractivity contribution >= 4 is 45.0 Å². The van der Waals surface area contributed by atoms with E-state index in [1.165, 1.54) is 0 Å². The van der Waals surface area contributed by atoms with E-state index in [-0.39, 0.29) is 0 Å². The van der Waals surface area contributed by atoms with Crippen LogP contribution in [0.25, 0.3) is 10.9 Å². The highest BCUT2D eigenvalue weighted by Gasteiger charge is 2.17. The van der Waals surface area contributed by atoms with Crippen LogP contribution < -0.4 is 14.4 Å². The average molecular weight is 547 g/mol. The van der Waals surface area contributed by atoms with Gasteiger partial charge < -0.3 is 23.8 Å². The molecule has 2 aromatic carbocycles. The van der Waals surface area contributed by atoms with E-state index in [1.54, 1.807) is 20.5 Å². The first kappa shape index (κ1) is 24.0. The summed E-state index contributed by atoms with van der Waals surface area (Å²) in [6, 6.07) is 9.78. The van der Waals surface area contributed by atoms with Gasteiger partial charge in [0.2, 0.25) is 0 Å². The molecule has 0 saturated heterocycles. The number of ether oxygens (including phenoxy) is 4. The second-order valence-electron chi connectivity index (χ2n) is 6.88. The Morgan fingerprint density at radius 2 is 1.66 bits per heavy atom. The van der Waals surface area contributed by atoms with Crippen molar-refractivity contribution in [3.8, 4) is 23.8 Å². The lowest BCUT2D eigenvalue weighted by molar-refractivity contribution is 0.132. The van der Waals surface area contributed by atoms with Gasteiger partial charge in [0.05, 0.1) is 18.7 Å². The highest BCUT2D eigenvalue weighted by Crippen LogP contribution is 2.37. The third-order valence-electron chi connectivity index (χ3n) is 4.84. The minimum atomic E-state index is 0.394. The molecule has 1 heterocycles. The Bertz CT molecular complexity index is 1100. The Morgan fingerprint density at radius 1 is 0.969 bits per heavy atom. The van der Waals surface area contributed by atoms with Gasteiger partial charge in [0.1, 0.15) is 25.4 Å². The molecule has 0 aliphatic carbocycles. The molecule has 7 nitrogen and oxygen atoms in total. The molecule has 1 aromatic heterocycles. The van der Waals surface area contributed by atoms with E-state index >= 15 is 0 Å². The van der Waals surface area contributed by atoms with Crippen LogP contribution in [0.5, 0.6) is 11.5 Å². The summed E-state index contributed by atoms with van der Waals surface area (Å²) in [5.41, 5.74) is 3.72. The van der Waals surface area contributed by atoms with E-state index in [0.717, 1.165) is 38.0 Å². The summed E-state index contributed by atoms with van der Waals surface area (Å²) >= 11 is 2.35. The zero-order valence-corrected chi connectivity index (χ0v) is 20.6. The van der Waals surface area contributed by atoms with Crippen molar-refractivity contribution in [1.82, 2.24) is 9.97 Å². The number of benzene rings is 2. The van der Waals surface area contributed by atoms with Gasteiger partial charge in [0, 0.05) is 48.4 Å². The first-order valence-corrected chi connectivity index (χ1v) is 11.6. The van der Waals surface area contributed by atoms with E-state index in [0.29, 0.717) is 37.9 Å². The van der Waals surface area contributed by atoms with E-state index in [1.807, 2.05) is 36.2 Å². The van der Waals surface area contributed by atoms with E-state index in [2.05, 4.69) is 44.5 Å². The van der Waals surface area contributed by atoms with Gasteiger partial charge in [-0.2, -0.15) is 0 Å². The first-order valence-electron chi connectivity index (χ1n) is 10.0. The SMILES string of the molecule is C#Cc1ccc(CI)c(N(C)c2ncnc3cc(OCCOC)c(OCCOC)cc23)c1. The van der Waals surface area contributed by atoms with Crippen molar-refractivity contribution in [2.24, 2.45) is 0 Å². The summed E-state index contributed by atoms with van der Waals surface area (Å²) in [7, 11) is 5.24. The molecule has 3 rings (SSSR count). The quantitative estimate of drug-likeness (QED) is 0.153. The molecular weight excluding hydrogens is 521 g/mol. The number of fused-ring (bicyclic) bond motifs is 1. The number of hydrogen-bond donors (Lipinski definition) is 0. The van der Waals surface area contributed by atoms with Crippen LogP contribution in [0.2, 0.25) is 0 Å². The molecule has 0 aliphatic rings. The third-order valence-corrected chi connectivity index (χ3v) is 5.67. The highest BCUT2D eigenvalue weighted by molar-refractivity contribution is 14.1. The smallest absolute Gasteiger partial charge is 0.163 e. The Hall–Kier alpha value is -2.61. The van der Waals surface area contributed by atoms with Gasteiger partial charge in [-0.05, 0) is 23.8 Å². The van der Waals surface area contributed by atoms with Gasteiger partial charge in [0.15, 0.2) is 11.5 Å². The molecule has 0 spiro atoms. The Morgan fingerprint density at radius 3 is 2.28 bits per heavy atom. The predicted octanol–water partition coefficient (Wildman–Crippen LogP) is 4.36. The van der Waals surface area contributed by atoms with Gasteiger partial charge in [-0.15, -0.1) is 6.42 Å². The summed E-state index contributed by atoms with van der Waals surface area (Å²) in [5, 5.41) is 0.840. The Kier molecular flexibility index (Phi) is 8.90. The molecule has 168 valence electrons. The lowest BCUT2D eigenvalue weighted by atomic mass is 10.1. The lowest BCUT2D eigenvalue weighted by Gasteiger charge is -2.23. The zero-order chi connectivity index (χ0) is 22.9. The summed E-state index contributed by atoms with van der Waals surface area (Å²) in [6.07, 6.45) is 7.19. The van der Waals surface area contributed by atoms with E-state index in [9.17, 15) is 0 Å². The number of rotatable bonds is 11. The monoisotopic (exact) mass is 547 g/mol. The molecule has 0 radical (unpaired) electrons. The van der Waals surface area contributed by atoms with Crippen LogP contribution in [-0.2, 0) is 13.9 Å². The second kappa shape index (κ2) is 11.9. The predicted molar refractivity (Wildman–Crippen MR) is 134 cm³/mol. The van der Waals surface area contributed by atoms with Gasteiger partial charge >= 0.3 is 0 Å². The molecule has 0 bridgehead atoms. The number of alkyl halides is 1. The number of halogens is 1. The van der Waals surface area contributed by atoms with Crippen LogP contribution in [0.15, 0.2) is 36.7 Å². The normalized spacial score (nSPS) is 10.7. The van der Waals surface area contributed by atoms with E-state index < -0.39 is 0 Å². The molecule has 0 atom stereocenters. The molecule has 0 aliphatic heterocycles. The Balaban J connectivity index is 2.08. The summed E-state index contributed by atoms with van der Waals surface area (Å²) in [5.74, 6) is 4.65. The minimum Gasteiger partial charge on any atom is -0.487 e. The van der Waals surface area contributed by atoms with Gasteiger partial charge in [0.25, 0.3) is 0 Å². The van der Waals surface area contributed by atoms with E-state index in [4.69, 9.17) is 25.4 Å². The van der Waals surface area contributed by atoms with Crippen molar-refractivity contribution < 1.29 is 18.9 Å². The molecule has 0 saturated carbocycles. The summed E-state index contributed by atoms with van der Waals surface area (Å²) < 4.78 is 22.9. The number of methoxy groups -OCH3 is 2. The lowest BCUT2D eigenvalue weighted by Crippen LogP contribution is -2.14. The van der Waals surface area contributed by atoms with Gasteiger partial charge in [-0.1, -0.05) is 34.6 Å². The Labute approximate surface area is 202 Å². The van der Waals surface area contributed by atoms with Crippen molar-refractivity contribution in [1.29, 1.82) is 0 Å². The molecule has 8 heteroatoms. The largest absolute Gasteiger partial charge is 0.487 e. The van der Waals surface area contributed by atoms with Crippen molar-refractivity contribution in [3.63, 3.8) is 0 Å². The van der Waals surface area contributed by atoms with Crippen LogP contribution in [0, 0.1) is 12.3 Å². The first-order chi connectivity index (χ1) is 15.6. The standard InChI is InChI=1S/C24H26IN3O4/c1-5-17-6-7-18(15-25)21(12-17)28(2)24-19-13-22(31-10-8-29-3)23(32-11-9-30-4)14-20(19)26-16-27-24/h1,6-7,12-14,16H,8-11,15H2,2-4H3. The number of nitrogens with zero attached hydrogens (tertiary/aromatic N) is 3. The fraction of sp³-hybridized carbons (Fsp3) is 0.333. The number of hydrogen-bond acceptors (Lipinski definition) is 7. The van der Waals surface area contributed by atoms with Crippen LogP contribution in [-0.4, -0.2) is 57.7 Å². The van der Waals surface area contributed by atoms with Crippen LogP contribution in [0.1, 0.15) is 11.1 Å². The van der Waals surface area contributed by atoms with Crippen molar-refractivity contribution in [2.75, 3.05) is 52.6 Å². The maximum Gasteiger partial charge on any atom is 0.163 e. The zero-order valence-electron chi connectivity index (χ0n) is 18.4. The van der Waals surface area contributed by atoms with Gasteiger partial charge in [-0.3, -0.25) is 0 Å². The second-order valence-corrected chi connectivity index (χ2v) is 7.64. The molecular formula is C24H26IN3O4. The molecule has 0 N–H and O–H groups in total. The minimum absolute atomic E-state index is 0.394. The molecule has 0 amide bonds. The summed E-state index contributed by atoms with van der Waals surface area (Å²) in [4.78, 5) is 11.1. The molecule has 0 fully saturated rings. The average Bonchev–Trinajstić information content (AvgIpc) is 2.83. The maximum absolute atomic E-state index is 5.95. The fourth-order valence-corrected chi connectivity index (χ4v) is 3.85. The van der Waals surface area contributed by atoms with Crippen LogP contribution in [0.4, 0.5) is 11.5 Å². The molecule has 0 unspecified atom stereocenters. The highest BCUT2D eigenvalue weighted by atomic mass is 127. The molecule has 32 heavy (non-hydrogen) atoms. The number of aromatic nitrogens is 2. The number of terminal acetylenes is 1. The van der Waals surface area contributed by atoms with Crippen LogP contribution in [0.3, 0.4) is 0 Å². The van der Waals surface area contributed by atoms with Crippen molar-refractivity contribution in [3.05, 3.63) is 47.8 Å². The number of anilines is 2. The summed E-state index contributed by atoms with van der Waals surface area (Å²) in [6.45, 7) is 1.73. The topological polar surface area (TPSA) is 65.9 Å². The van der Waals surface area contributed by atoms with Crippen LogP contribution >= 0.6 is 22.6 Å².